The van der Waals surface area contributed by atoms with Crippen molar-refractivity contribution in [1.82, 2.24) is 5.43 Å². The minimum Gasteiger partial charge on any atom is -0.497 e. The van der Waals surface area contributed by atoms with Crippen molar-refractivity contribution in [3.05, 3.63) is 58.1 Å². The molecule has 0 atom stereocenters. The van der Waals surface area contributed by atoms with Gasteiger partial charge in [-0.2, -0.15) is 5.10 Å². The minimum atomic E-state index is 0.323. The molecule has 0 saturated carbocycles. The third kappa shape index (κ3) is 4.87. The summed E-state index contributed by atoms with van der Waals surface area (Å²) < 4.78 is 5.14. The Morgan fingerprint density at radius 2 is 2.05 bits per heavy atom. The third-order valence-corrected chi connectivity index (χ3v) is 3.39. The lowest BCUT2D eigenvalue weighted by atomic mass is 10.2. The summed E-state index contributed by atoms with van der Waals surface area (Å²) in [4.78, 5) is 0. The Labute approximate surface area is 144 Å². The van der Waals surface area contributed by atoms with Gasteiger partial charge in [0.1, 0.15) is 5.75 Å². The number of ether oxygens (including phenoxy) is 1. The molecule has 0 spiro atoms. The lowest BCUT2D eigenvalue weighted by Crippen LogP contribution is -2.24. The number of nitrogens with one attached hydrogen (secondary N) is 2. The number of rotatable bonds is 4. The van der Waals surface area contributed by atoms with E-state index in [1.54, 1.807) is 31.5 Å². The van der Waals surface area contributed by atoms with Gasteiger partial charge in [0.15, 0.2) is 5.11 Å². The molecule has 0 unspecified atom stereocenters. The average molecular weight is 354 g/mol. The van der Waals surface area contributed by atoms with E-state index in [1.165, 1.54) is 0 Å². The van der Waals surface area contributed by atoms with Crippen LogP contribution in [0.4, 0.5) is 5.69 Å². The SMILES string of the molecule is COc1cccc(C=NNC(=S)Nc2ccc(Cl)cc2Cl)c1. The van der Waals surface area contributed by atoms with Crippen LogP contribution in [0.5, 0.6) is 5.75 Å². The Kier molecular flexibility index (Phi) is 6.00. The zero-order valence-electron chi connectivity index (χ0n) is 11.6. The van der Waals surface area contributed by atoms with Crippen LogP contribution in [-0.2, 0) is 0 Å². The van der Waals surface area contributed by atoms with Gasteiger partial charge in [-0.25, -0.2) is 0 Å². The van der Waals surface area contributed by atoms with Gasteiger partial charge in [0, 0.05) is 5.02 Å². The molecular formula is C15H13Cl2N3OS. The summed E-state index contributed by atoms with van der Waals surface area (Å²) in [5, 5.41) is 8.36. The van der Waals surface area contributed by atoms with Crippen molar-refractivity contribution >= 4 is 52.4 Å². The lowest BCUT2D eigenvalue weighted by molar-refractivity contribution is 0.415. The molecule has 7 heteroatoms. The molecule has 0 aliphatic carbocycles. The first-order chi connectivity index (χ1) is 10.6. The summed E-state index contributed by atoms with van der Waals surface area (Å²) in [5.74, 6) is 0.762. The van der Waals surface area contributed by atoms with Gasteiger partial charge in [0.2, 0.25) is 0 Å². The van der Waals surface area contributed by atoms with Gasteiger partial charge < -0.3 is 10.1 Å². The normalized spacial score (nSPS) is 10.5. The van der Waals surface area contributed by atoms with Gasteiger partial charge in [0.25, 0.3) is 0 Å². The van der Waals surface area contributed by atoms with E-state index in [9.17, 15) is 0 Å². The van der Waals surface area contributed by atoms with Gasteiger partial charge in [0.05, 0.1) is 24.0 Å². The Morgan fingerprint density at radius 1 is 1.23 bits per heavy atom. The number of benzene rings is 2. The van der Waals surface area contributed by atoms with Crippen LogP contribution in [0.25, 0.3) is 0 Å². The van der Waals surface area contributed by atoms with Crippen LogP contribution in [0.2, 0.25) is 10.0 Å². The van der Waals surface area contributed by atoms with E-state index in [-0.39, 0.29) is 0 Å². The van der Waals surface area contributed by atoms with Crippen LogP contribution in [0.1, 0.15) is 5.56 Å². The number of nitrogens with zero attached hydrogens (tertiary/aromatic N) is 1. The third-order valence-electron chi connectivity index (χ3n) is 2.65. The average Bonchev–Trinajstić information content (AvgIpc) is 2.50. The highest BCUT2D eigenvalue weighted by Gasteiger charge is 2.02. The molecule has 0 radical (unpaired) electrons. The number of thiocarbonyl (C=S) groups is 1. The number of methoxy groups -OCH3 is 1. The highest BCUT2D eigenvalue weighted by atomic mass is 35.5. The van der Waals surface area contributed by atoms with Crippen molar-refractivity contribution in [2.24, 2.45) is 5.10 Å². The van der Waals surface area contributed by atoms with Crippen molar-refractivity contribution < 1.29 is 4.74 Å². The Balaban J connectivity index is 1.93. The molecule has 2 aromatic carbocycles. The lowest BCUT2D eigenvalue weighted by Gasteiger charge is -2.08. The molecule has 0 heterocycles. The summed E-state index contributed by atoms with van der Waals surface area (Å²) in [6.07, 6.45) is 1.64. The maximum Gasteiger partial charge on any atom is 0.191 e. The summed E-state index contributed by atoms with van der Waals surface area (Å²) in [7, 11) is 1.61. The molecule has 2 N–H and O–H groups in total. The van der Waals surface area contributed by atoms with Gasteiger partial charge in [-0.15, -0.1) is 0 Å². The van der Waals surface area contributed by atoms with Crippen LogP contribution in [0.15, 0.2) is 47.6 Å². The van der Waals surface area contributed by atoms with E-state index in [0.717, 1.165) is 11.3 Å². The highest BCUT2D eigenvalue weighted by molar-refractivity contribution is 7.80. The maximum atomic E-state index is 6.05. The second-order valence-electron chi connectivity index (χ2n) is 4.22. The topological polar surface area (TPSA) is 45.6 Å². The Bertz CT molecular complexity index is 707. The second kappa shape index (κ2) is 7.98. The predicted octanol–water partition coefficient (Wildman–Crippen LogP) is 4.32. The highest BCUT2D eigenvalue weighted by Crippen LogP contribution is 2.25. The van der Waals surface area contributed by atoms with E-state index in [1.807, 2.05) is 24.3 Å². The first-order valence-electron chi connectivity index (χ1n) is 6.27. The van der Waals surface area contributed by atoms with Crippen molar-refractivity contribution in [2.75, 3.05) is 12.4 Å². The number of halogens is 2. The molecule has 114 valence electrons. The smallest absolute Gasteiger partial charge is 0.191 e. The number of anilines is 1. The fourth-order valence-electron chi connectivity index (χ4n) is 1.63. The van der Waals surface area contributed by atoms with Crippen LogP contribution in [0.3, 0.4) is 0 Å². The van der Waals surface area contributed by atoms with Crippen LogP contribution >= 0.6 is 35.4 Å². The van der Waals surface area contributed by atoms with Gasteiger partial charge in [-0.1, -0.05) is 35.3 Å². The Morgan fingerprint density at radius 3 is 2.77 bits per heavy atom. The monoisotopic (exact) mass is 353 g/mol. The van der Waals surface area contributed by atoms with Crippen molar-refractivity contribution in [2.45, 2.75) is 0 Å². The van der Waals surface area contributed by atoms with Crippen molar-refractivity contribution in [3.63, 3.8) is 0 Å². The zero-order valence-corrected chi connectivity index (χ0v) is 14.0. The summed E-state index contributed by atoms with van der Waals surface area (Å²) >= 11 is 17.0. The molecule has 0 aromatic heterocycles. The second-order valence-corrected chi connectivity index (χ2v) is 5.48. The van der Waals surface area contributed by atoms with E-state index < -0.39 is 0 Å². The van der Waals surface area contributed by atoms with Crippen LogP contribution in [0, 0.1) is 0 Å². The van der Waals surface area contributed by atoms with E-state index >= 15 is 0 Å². The van der Waals surface area contributed by atoms with Crippen molar-refractivity contribution in [1.29, 1.82) is 0 Å². The molecule has 2 aromatic rings. The molecular weight excluding hydrogens is 341 g/mol. The number of hydrogen-bond donors (Lipinski definition) is 2. The van der Waals surface area contributed by atoms with Crippen molar-refractivity contribution in [3.8, 4) is 5.75 Å². The molecule has 4 nitrogen and oxygen atoms in total. The summed E-state index contributed by atoms with van der Waals surface area (Å²) in [6.45, 7) is 0. The first kappa shape index (κ1) is 16.5. The maximum absolute atomic E-state index is 6.05. The van der Waals surface area contributed by atoms with Crippen LogP contribution < -0.4 is 15.5 Å². The number of hydrazone groups is 1. The Hall–Kier alpha value is -1.82. The summed E-state index contributed by atoms with van der Waals surface area (Å²) in [6, 6.07) is 12.6. The summed E-state index contributed by atoms with van der Waals surface area (Å²) in [5.41, 5.74) is 4.26. The van der Waals surface area contributed by atoms with E-state index in [4.69, 9.17) is 40.2 Å². The molecule has 0 aliphatic rings. The minimum absolute atomic E-state index is 0.323. The molecule has 0 fully saturated rings. The van der Waals surface area contributed by atoms with Crippen LogP contribution in [-0.4, -0.2) is 18.4 Å². The standard InChI is InChI=1S/C15H13Cl2N3OS/c1-21-12-4-2-3-10(7-12)9-18-20-15(22)19-14-6-5-11(16)8-13(14)17/h2-9H,1H3,(H2,19,20,22). The van der Waals surface area contributed by atoms with Gasteiger partial charge in [-0.3, -0.25) is 5.43 Å². The first-order valence-corrected chi connectivity index (χ1v) is 7.44. The molecule has 0 bridgehead atoms. The van der Waals surface area contributed by atoms with E-state index in [2.05, 4.69) is 15.8 Å². The fraction of sp³-hybridized carbons (Fsp3) is 0.0667. The number of hydrogen-bond acceptors (Lipinski definition) is 3. The fourth-order valence-corrected chi connectivity index (χ4v) is 2.25. The molecule has 0 saturated heterocycles. The molecule has 0 aliphatic heterocycles. The van der Waals surface area contributed by atoms with E-state index in [0.29, 0.717) is 20.8 Å². The zero-order chi connectivity index (χ0) is 15.9. The molecule has 22 heavy (non-hydrogen) atoms. The quantitative estimate of drug-likeness (QED) is 0.488. The predicted molar refractivity (Wildman–Crippen MR) is 96.4 cm³/mol. The van der Waals surface area contributed by atoms with Gasteiger partial charge >= 0.3 is 0 Å². The largest absolute Gasteiger partial charge is 0.497 e. The molecule has 2 rings (SSSR count). The molecule has 0 amide bonds. The van der Waals surface area contributed by atoms with Gasteiger partial charge in [-0.05, 0) is 48.1 Å².